The van der Waals surface area contributed by atoms with Gasteiger partial charge in [-0.05, 0) is 19.4 Å². The van der Waals surface area contributed by atoms with Crippen LogP contribution in [0, 0.1) is 5.92 Å². The molecule has 16 heavy (non-hydrogen) atoms. The molecule has 1 rings (SSSR count). The first-order valence-electron chi connectivity index (χ1n) is 5.72. The van der Waals surface area contributed by atoms with Crippen molar-refractivity contribution in [1.29, 1.82) is 0 Å². The van der Waals surface area contributed by atoms with Crippen molar-refractivity contribution in [2.75, 3.05) is 11.9 Å². The number of hydrogen-bond donors (Lipinski definition) is 3. The molecule has 0 saturated heterocycles. The Kier molecular flexibility index (Phi) is 4.98. The molecule has 5 heteroatoms. The van der Waals surface area contributed by atoms with Gasteiger partial charge in [-0.2, -0.15) is 5.10 Å². The van der Waals surface area contributed by atoms with E-state index in [4.69, 9.17) is 5.73 Å². The maximum atomic E-state index is 11.6. The lowest BCUT2D eigenvalue weighted by Gasteiger charge is -2.08. The summed E-state index contributed by atoms with van der Waals surface area (Å²) < 4.78 is 0. The Labute approximate surface area is 95.8 Å². The highest BCUT2D eigenvalue weighted by atomic mass is 16.1. The number of H-pyrrole nitrogens is 1. The van der Waals surface area contributed by atoms with E-state index in [1.165, 1.54) is 0 Å². The molecule has 1 aromatic heterocycles. The molecule has 90 valence electrons. The summed E-state index contributed by atoms with van der Waals surface area (Å²) in [5.74, 6) is 0.494. The lowest BCUT2D eigenvalue weighted by molar-refractivity contribution is -0.119. The van der Waals surface area contributed by atoms with Gasteiger partial charge in [-0.3, -0.25) is 9.89 Å². The third-order valence-electron chi connectivity index (χ3n) is 2.45. The van der Waals surface area contributed by atoms with Crippen LogP contribution in [0.3, 0.4) is 0 Å². The minimum atomic E-state index is -0.0728. The molecule has 4 N–H and O–H groups in total. The molecule has 1 amide bonds. The maximum Gasteiger partial charge on any atom is 0.228 e. The lowest BCUT2D eigenvalue weighted by atomic mass is 10.1. The van der Waals surface area contributed by atoms with E-state index in [2.05, 4.69) is 22.4 Å². The van der Waals surface area contributed by atoms with Crippen molar-refractivity contribution in [3.63, 3.8) is 0 Å². The molecule has 0 radical (unpaired) electrons. The molecule has 1 atom stereocenters. The van der Waals surface area contributed by atoms with Crippen LogP contribution >= 0.6 is 0 Å². The van der Waals surface area contributed by atoms with E-state index in [1.54, 1.807) is 0 Å². The molecule has 0 saturated carbocycles. The number of anilines is 1. The van der Waals surface area contributed by atoms with Crippen LogP contribution in [0.2, 0.25) is 0 Å². The number of carbonyl (C=O) groups excluding carboxylic acids is 1. The van der Waals surface area contributed by atoms with E-state index in [0.29, 0.717) is 18.8 Å². The zero-order valence-corrected chi connectivity index (χ0v) is 9.92. The van der Waals surface area contributed by atoms with Crippen molar-refractivity contribution in [3.8, 4) is 0 Å². The molecule has 1 heterocycles. The van der Waals surface area contributed by atoms with Gasteiger partial charge >= 0.3 is 0 Å². The van der Waals surface area contributed by atoms with Gasteiger partial charge in [0.1, 0.15) is 0 Å². The van der Waals surface area contributed by atoms with Crippen LogP contribution in [-0.2, 0) is 11.2 Å². The van der Waals surface area contributed by atoms with Gasteiger partial charge in [-0.15, -0.1) is 0 Å². The van der Waals surface area contributed by atoms with Crippen LogP contribution < -0.4 is 11.1 Å². The van der Waals surface area contributed by atoms with Crippen molar-refractivity contribution >= 4 is 11.7 Å². The molecule has 1 unspecified atom stereocenters. The predicted molar refractivity (Wildman–Crippen MR) is 64.0 cm³/mol. The number of nitrogens with two attached hydrogens (primary N) is 1. The molecule has 0 spiro atoms. The molecule has 0 aromatic carbocycles. The Bertz CT molecular complexity index is 334. The number of nitrogens with one attached hydrogen (secondary N) is 2. The highest BCUT2D eigenvalue weighted by Crippen LogP contribution is 2.10. The average Bonchev–Trinajstić information content (AvgIpc) is 2.66. The van der Waals surface area contributed by atoms with Crippen molar-refractivity contribution < 1.29 is 4.79 Å². The SMILES string of the molecule is CCCc1cc(NC(=O)C(C)CCN)n[nH]1. The highest BCUT2D eigenvalue weighted by Gasteiger charge is 2.13. The molecule has 0 aliphatic rings. The second-order valence-electron chi connectivity index (χ2n) is 4.00. The van der Waals surface area contributed by atoms with Crippen molar-refractivity contribution in [3.05, 3.63) is 11.8 Å². The maximum absolute atomic E-state index is 11.6. The van der Waals surface area contributed by atoms with Gasteiger partial charge in [0.2, 0.25) is 5.91 Å². The Hall–Kier alpha value is -1.36. The number of hydrogen-bond acceptors (Lipinski definition) is 3. The summed E-state index contributed by atoms with van der Waals surface area (Å²) in [7, 11) is 0. The van der Waals surface area contributed by atoms with Crippen LogP contribution in [-0.4, -0.2) is 22.6 Å². The summed E-state index contributed by atoms with van der Waals surface area (Å²) in [4.78, 5) is 11.6. The van der Waals surface area contributed by atoms with Crippen LogP contribution in [0.5, 0.6) is 0 Å². The van der Waals surface area contributed by atoms with Gasteiger partial charge in [0.05, 0.1) is 0 Å². The van der Waals surface area contributed by atoms with Crippen LogP contribution in [0.4, 0.5) is 5.82 Å². The Morgan fingerprint density at radius 2 is 2.44 bits per heavy atom. The van der Waals surface area contributed by atoms with E-state index in [0.717, 1.165) is 18.5 Å². The third-order valence-corrected chi connectivity index (χ3v) is 2.45. The van der Waals surface area contributed by atoms with E-state index < -0.39 is 0 Å². The summed E-state index contributed by atoms with van der Waals surface area (Å²) in [5, 5.41) is 9.69. The average molecular weight is 224 g/mol. The topological polar surface area (TPSA) is 83.8 Å². The first-order chi connectivity index (χ1) is 7.67. The minimum Gasteiger partial charge on any atom is -0.330 e. The summed E-state index contributed by atoms with van der Waals surface area (Å²) in [5.41, 5.74) is 6.45. The zero-order chi connectivity index (χ0) is 12.0. The standard InChI is InChI=1S/C11H20N4O/c1-3-4-9-7-10(15-14-9)13-11(16)8(2)5-6-12/h7-8H,3-6,12H2,1-2H3,(H2,13,14,15,16). The normalized spacial score (nSPS) is 12.4. The summed E-state index contributed by atoms with van der Waals surface area (Å²) in [6, 6.07) is 1.87. The fraction of sp³-hybridized carbons (Fsp3) is 0.636. The molecule has 0 fully saturated rings. The van der Waals surface area contributed by atoms with Crippen LogP contribution in [0.1, 0.15) is 32.4 Å². The smallest absolute Gasteiger partial charge is 0.228 e. The molecule has 0 aliphatic heterocycles. The van der Waals surface area contributed by atoms with E-state index in [-0.39, 0.29) is 11.8 Å². The number of nitrogens with zero attached hydrogens (tertiary/aromatic N) is 1. The molecular weight excluding hydrogens is 204 g/mol. The predicted octanol–water partition coefficient (Wildman–Crippen LogP) is 1.29. The van der Waals surface area contributed by atoms with Crippen molar-refractivity contribution in [2.24, 2.45) is 11.7 Å². The Morgan fingerprint density at radius 3 is 3.06 bits per heavy atom. The van der Waals surface area contributed by atoms with E-state index in [1.807, 2.05) is 13.0 Å². The highest BCUT2D eigenvalue weighted by molar-refractivity contribution is 5.91. The summed E-state index contributed by atoms with van der Waals surface area (Å²) in [6.07, 6.45) is 2.69. The van der Waals surface area contributed by atoms with E-state index >= 15 is 0 Å². The summed E-state index contributed by atoms with van der Waals surface area (Å²) in [6.45, 7) is 4.49. The molecule has 5 nitrogen and oxygen atoms in total. The van der Waals surface area contributed by atoms with Crippen LogP contribution in [0.15, 0.2) is 6.07 Å². The fourth-order valence-corrected chi connectivity index (χ4v) is 1.45. The molecular formula is C11H20N4O. The van der Waals surface area contributed by atoms with E-state index in [9.17, 15) is 4.79 Å². The molecule has 1 aromatic rings. The number of amides is 1. The number of carbonyl (C=O) groups is 1. The largest absolute Gasteiger partial charge is 0.330 e. The van der Waals surface area contributed by atoms with Crippen LogP contribution in [0.25, 0.3) is 0 Å². The van der Waals surface area contributed by atoms with Gasteiger partial charge in [-0.25, -0.2) is 0 Å². The molecule has 0 aliphatic carbocycles. The Morgan fingerprint density at radius 1 is 1.69 bits per heavy atom. The van der Waals surface area contributed by atoms with Gasteiger partial charge in [0.15, 0.2) is 5.82 Å². The van der Waals surface area contributed by atoms with Crippen molar-refractivity contribution in [1.82, 2.24) is 10.2 Å². The number of aromatic amines is 1. The van der Waals surface area contributed by atoms with Gasteiger partial charge in [0.25, 0.3) is 0 Å². The zero-order valence-electron chi connectivity index (χ0n) is 9.92. The number of aromatic nitrogens is 2. The van der Waals surface area contributed by atoms with Gasteiger partial charge < -0.3 is 11.1 Å². The van der Waals surface area contributed by atoms with Gasteiger partial charge in [-0.1, -0.05) is 20.3 Å². The fourth-order valence-electron chi connectivity index (χ4n) is 1.45. The number of rotatable bonds is 6. The summed E-state index contributed by atoms with van der Waals surface area (Å²) >= 11 is 0. The molecule has 0 bridgehead atoms. The second-order valence-corrected chi connectivity index (χ2v) is 4.00. The minimum absolute atomic E-state index is 0.0278. The monoisotopic (exact) mass is 224 g/mol. The lowest BCUT2D eigenvalue weighted by Crippen LogP contribution is -2.22. The first-order valence-corrected chi connectivity index (χ1v) is 5.72. The van der Waals surface area contributed by atoms with Gasteiger partial charge in [0, 0.05) is 17.7 Å². The van der Waals surface area contributed by atoms with Crippen molar-refractivity contribution in [2.45, 2.75) is 33.1 Å². The first kappa shape index (κ1) is 12.7. The third kappa shape index (κ3) is 3.66. The number of aryl methyl sites for hydroxylation is 1. The second kappa shape index (κ2) is 6.27. The Balaban J connectivity index is 2.49. The quantitative estimate of drug-likeness (QED) is 0.680.